The molecule has 0 aromatic heterocycles. The minimum Gasteiger partial charge on any atom is -0.463 e. The van der Waals surface area contributed by atoms with E-state index in [2.05, 4.69) is 21.2 Å². The van der Waals surface area contributed by atoms with Gasteiger partial charge in [-0.1, -0.05) is 96.0 Å². The van der Waals surface area contributed by atoms with Gasteiger partial charge in [0.25, 0.3) is 5.91 Å². The maximum atomic E-state index is 15.2. The van der Waals surface area contributed by atoms with Crippen molar-refractivity contribution in [1.29, 1.82) is 0 Å². The van der Waals surface area contributed by atoms with Crippen LogP contribution < -0.4 is 10.2 Å². The molecule has 12 heteroatoms. The van der Waals surface area contributed by atoms with E-state index in [1.165, 1.54) is 9.80 Å². The van der Waals surface area contributed by atoms with Crippen LogP contribution in [-0.2, 0) is 28.7 Å². The minimum absolute atomic E-state index is 0.0809. The molecule has 254 valence electrons. The number of aliphatic hydroxyl groups excluding tert-OH is 1. The standard InChI is InChI=1S/C36H39BrClN3O7/c1-20(2)26(18-42)41-32-35(46)40(30-21(3)11-10-14-24(30)38)16-9-5-8-15-27(43)47-19-25(22-12-6-4-7-13-22)39-33(44)28-29(34(41)45)36(32)17-23(37)31(28)48-36/h4-7,9-14,17,20,25-26,28-29,31-32,42H,8,15-16,18-19H2,1-3H3,(H,39,44)/b9-5-/t25-,26+,28-,29+,31-,32-,36+/m1/s1. The quantitative estimate of drug-likeness (QED) is 0.339. The number of carbonyl (C=O) groups excluding carboxylic acids is 4. The summed E-state index contributed by atoms with van der Waals surface area (Å²) in [4.78, 5) is 60.0. The lowest BCUT2D eigenvalue weighted by atomic mass is 9.74. The Balaban J connectivity index is 1.51. The van der Waals surface area contributed by atoms with Crippen molar-refractivity contribution in [3.63, 3.8) is 0 Å². The Bertz CT molecular complexity index is 1650. The van der Waals surface area contributed by atoms with Crippen molar-refractivity contribution >= 4 is 56.9 Å². The van der Waals surface area contributed by atoms with Gasteiger partial charge in [-0.3, -0.25) is 19.2 Å². The Morgan fingerprint density at radius 1 is 1.06 bits per heavy atom. The van der Waals surface area contributed by atoms with Crippen molar-refractivity contribution in [2.75, 3.05) is 24.7 Å². The van der Waals surface area contributed by atoms with Crippen LogP contribution >= 0.6 is 27.5 Å². The molecule has 10 nitrogen and oxygen atoms in total. The van der Waals surface area contributed by atoms with E-state index in [0.29, 0.717) is 21.6 Å². The maximum Gasteiger partial charge on any atom is 0.306 e. The van der Waals surface area contributed by atoms with Crippen LogP contribution in [0.15, 0.2) is 71.2 Å². The van der Waals surface area contributed by atoms with Gasteiger partial charge in [-0.05, 0) is 42.5 Å². The first-order valence-corrected chi connectivity index (χ1v) is 17.4. The van der Waals surface area contributed by atoms with E-state index in [0.717, 1.165) is 11.1 Å². The highest BCUT2D eigenvalue weighted by molar-refractivity contribution is 9.11. The lowest BCUT2D eigenvalue weighted by molar-refractivity contribution is -0.147. The number of cyclic esters (lactones) is 1. The Morgan fingerprint density at radius 2 is 1.81 bits per heavy atom. The van der Waals surface area contributed by atoms with E-state index in [-0.39, 0.29) is 25.5 Å². The first-order chi connectivity index (χ1) is 23.0. The molecule has 0 unspecified atom stereocenters. The van der Waals surface area contributed by atoms with Crippen molar-refractivity contribution in [3.8, 4) is 0 Å². The zero-order valence-electron chi connectivity index (χ0n) is 27.0. The number of anilines is 1. The summed E-state index contributed by atoms with van der Waals surface area (Å²) in [5.74, 6) is -4.13. The second-order valence-electron chi connectivity index (χ2n) is 13.1. The molecule has 0 saturated carbocycles. The summed E-state index contributed by atoms with van der Waals surface area (Å²) < 4.78 is 12.8. The molecule has 2 aromatic rings. The van der Waals surface area contributed by atoms with Gasteiger partial charge in [-0.15, -0.1) is 0 Å². The number of carbonyl (C=O) groups is 4. The number of hydrogen-bond acceptors (Lipinski definition) is 7. The molecule has 6 rings (SSSR count). The highest BCUT2D eigenvalue weighted by Crippen LogP contribution is 2.59. The predicted molar refractivity (Wildman–Crippen MR) is 183 cm³/mol. The van der Waals surface area contributed by atoms with Crippen LogP contribution in [-0.4, -0.2) is 77.2 Å². The van der Waals surface area contributed by atoms with Gasteiger partial charge in [0.2, 0.25) is 11.8 Å². The number of allylic oxidation sites excluding steroid dienone is 1. The second-order valence-corrected chi connectivity index (χ2v) is 14.4. The molecule has 1 spiro atoms. The van der Waals surface area contributed by atoms with Crippen molar-refractivity contribution in [2.45, 2.75) is 63.4 Å². The Morgan fingerprint density at radius 3 is 2.50 bits per heavy atom. The molecule has 4 aliphatic rings. The van der Waals surface area contributed by atoms with E-state index >= 15 is 4.79 Å². The molecule has 0 radical (unpaired) electrons. The van der Waals surface area contributed by atoms with Gasteiger partial charge in [-0.25, -0.2) is 0 Å². The number of benzene rings is 2. The predicted octanol–water partition coefficient (Wildman–Crippen LogP) is 4.62. The third-order valence-electron chi connectivity index (χ3n) is 9.84. The fraction of sp³-hybridized carbons (Fsp3) is 0.444. The van der Waals surface area contributed by atoms with Crippen molar-refractivity contribution in [1.82, 2.24) is 10.2 Å². The van der Waals surface area contributed by atoms with Gasteiger partial charge in [0.05, 0.1) is 41.2 Å². The largest absolute Gasteiger partial charge is 0.463 e. The van der Waals surface area contributed by atoms with Crippen molar-refractivity contribution in [2.24, 2.45) is 17.8 Å². The summed E-state index contributed by atoms with van der Waals surface area (Å²) in [7, 11) is 0. The number of nitrogens with zero attached hydrogens (tertiary/aromatic N) is 2. The molecule has 2 fully saturated rings. The molecule has 4 aliphatic heterocycles. The summed E-state index contributed by atoms with van der Waals surface area (Å²) in [6, 6.07) is 11.8. The van der Waals surface area contributed by atoms with E-state index < -0.39 is 72.0 Å². The third-order valence-corrected chi connectivity index (χ3v) is 10.8. The number of likely N-dealkylation sites (tertiary alicyclic amines) is 1. The summed E-state index contributed by atoms with van der Waals surface area (Å²) in [6.45, 7) is 5.17. The summed E-state index contributed by atoms with van der Waals surface area (Å²) >= 11 is 10.3. The zero-order valence-corrected chi connectivity index (χ0v) is 29.3. The number of halogens is 2. The molecule has 2 saturated heterocycles. The van der Waals surface area contributed by atoms with Crippen LogP contribution in [0.3, 0.4) is 0 Å². The number of fused-ring (bicyclic) bond motifs is 2. The van der Waals surface area contributed by atoms with E-state index in [9.17, 15) is 19.5 Å². The van der Waals surface area contributed by atoms with Crippen molar-refractivity contribution in [3.05, 3.63) is 87.4 Å². The second kappa shape index (κ2) is 13.8. The number of amides is 3. The maximum absolute atomic E-state index is 15.2. The molecule has 2 N–H and O–H groups in total. The first-order valence-electron chi connectivity index (χ1n) is 16.2. The number of hydrogen-bond donors (Lipinski definition) is 2. The van der Waals surface area contributed by atoms with Gasteiger partial charge < -0.3 is 29.7 Å². The topological polar surface area (TPSA) is 125 Å². The first kappa shape index (κ1) is 34.4. The van der Waals surface area contributed by atoms with Crippen LogP contribution in [0.2, 0.25) is 5.02 Å². The fourth-order valence-electron chi connectivity index (χ4n) is 7.54. The normalized spacial score (nSPS) is 30.6. The summed E-state index contributed by atoms with van der Waals surface area (Å²) in [5, 5.41) is 14.0. The lowest BCUT2D eigenvalue weighted by Crippen LogP contribution is -2.59. The molecular formula is C36H39BrClN3O7. The molecule has 5 bridgehead atoms. The van der Waals surface area contributed by atoms with Crippen LogP contribution in [0.1, 0.15) is 43.9 Å². The Kier molecular flexibility index (Phi) is 9.86. The van der Waals surface area contributed by atoms with Gasteiger partial charge in [0.1, 0.15) is 24.4 Å². The summed E-state index contributed by atoms with van der Waals surface area (Å²) in [6.07, 6.45) is 4.95. The SMILES string of the molecule is Cc1cccc(Cl)c1N1C/C=C\CCC(=O)OC[C@H](c2ccccc2)NC(=O)[C@H]2[C@@H]3O[C@@]4(C=C3Br)[C@@H]2C(=O)N([C@@H](CO)C(C)C)[C@@H]4C1=O. The van der Waals surface area contributed by atoms with Crippen LogP contribution in [0.25, 0.3) is 0 Å². The number of esters is 1. The van der Waals surface area contributed by atoms with E-state index in [4.69, 9.17) is 21.1 Å². The number of aliphatic hydroxyl groups is 1. The number of rotatable bonds is 5. The molecule has 2 aromatic carbocycles. The molecule has 48 heavy (non-hydrogen) atoms. The lowest BCUT2D eigenvalue weighted by Gasteiger charge is -2.40. The van der Waals surface area contributed by atoms with Crippen LogP contribution in [0.4, 0.5) is 5.69 Å². The molecule has 3 amide bonds. The average Bonchev–Trinajstić information content (AvgIpc) is 3.65. The van der Waals surface area contributed by atoms with E-state index in [1.54, 1.807) is 30.4 Å². The molecule has 0 aliphatic carbocycles. The van der Waals surface area contributed by atoms with Gasteiger partial charge in [0.15, 0.2) is 0 Å². The van der Waals surface area contributed by atoms with Crippen LogP contribution in [0, 0.1) is 24.7 Å². The van der Waals surface area contributed by atoms with Crippen LogP contribution in [0.5, 0.6) is 0 Å². The van der Waals surface area contributed by atoms with Gasteiger partial charge >= 0.3 is 5.97 Å². The number of para-hydroxylation sites is 1. The Labute approximate surface area is 293 Å². The number of ether oxygens (including phenoxy) is 2. The number of nitrogens with one attached hydrogen (secondary N) is 1. The highest BCUT2D eigenvalue weighted by atomic mass is 79.9. The monoisotopic (exact) mass is 739 g/mol. The zero-order chi connectivity index (χ0) is 34.3. The Hall–Kier alpha value is -3.51. The highest BCUT2D eigenvalue weighted by Gasteiger charge is 2.75. The summed E-state index contributed by atoms with van der Waals surface area (Å²) in [5.41, 5.74) is 0.424. The minimum atomic E-state index is -1.51. The third kappa shape index (κ3) is 5.88. The van der Waals surface area contributed by atoms with Crippen molar-refractivity contribution < 1.29 is 33.8 Å². The molecule has 4 heterocycles. The fourth-order valence-corrected chi connectivity index (χ4v) is 8.60. The smallest absolute Gasteiger partial charge is 0.306 e. The van der Waals surface area contributed by atoms with Gasteiger partial charge in [0, 0.05) is 17.4 Å². The molecular weight excluding hydrogens is 702 g/mol. The number of aryl methyl sites for hydroxylation is 1. The van der Waals surface area contributed by atoms with Gasteiger partial charge in [-0.2, -0.15) is 0 Å². The average molecular weight is 741 g/mol. The van der Waals surface area contributed by atoms with E-state index in [1.807, 2.05) is 57.2 Å². The molecule has 7 atom stereocenters.